The van der Waals surface area contributed by atoms with Crippen molar-refractivity contribution in [1.29, 1.82) is 0 Å². The lowest BCUT2D eigenvalue weighted by Gasteiger charge is -2.28. The van der Waals surface area contributed by atoms with E-state index < -0.39 is 0 Å². The van der Waals surface area contributed by atoms with E-state index in [-0.39, 0.29) is 11.8 Å². The predicted molar refractivity (Wildman–Crippen MR) is 151 cm³/mol. The van der Waals surface area contributed by atoms with Crippen molar-refractivity contribution >= 4 is 28.4 Å². The number of hydrogen-bond acceptors (Lipinski definition) is 2. The second-order valence-electron chi connectivity index (χ2n) is 9.42. The van der Waals surface area contributed by atoms with Gasteiger partial charge in [0.05, 0.1) is 0 Å². The molecule has 1 aliphatic rings. The van der Waals surface area contributed by atoms with Crippen LogP contribution in [0.5, 0.6) is 0 Å². The molecule has 0 radical (unpaired) electrons. The highest BCUT2D eigenvalue weighted by Gasteiger charge is 2.31. The zero-order valence-electron chi connectivity index (χ0n) is 20.5. The fraction of sp³-hybridized carbons (Fsp3) is 0.156. The Morgan fingerprint density at radius 1 is 0.730 bits per heavy atom. The number of carbonyl (C=O) groups excluding carboxylic acids is 1. The van der Waals surface area contributed by atoms with Crippen molar-refractivity contribution < 1.29 is 4.79 Å². The Labute approximate surface area is 221 Å². The smallest absolute Gasteiger partial charge is 0.270 e. The van der Waals surface area contributed by atoms with Crippen LogP contribution in [0.25, 0.3) is 22.0 Å². The highest BCUT2D eigenvalue weighted by atomic mass is 35.5. The van der Waals surface area contributed by atoms with E-state index in [0.29, 0.717) is 23.8 Å². The average Bonchev–Trinajstić information content (AvgIpc) is 3.34. The first-order chi connectivity index (χ1) is 18.2. The maximum absolute atomic E-state index is 14.1. The number of fused-ring (bicyclic) bond motifs is 1. The molecule has 1 saturated heterocycles. The van der Waals surface area contributed by atoms with Crippen LogP contribution < -0.4 is 5.32 Å². The molecule has 4 nitrogen and oxygen atoms in total. The van der Waals surface area contributed by atoms with Crippen molar-refractivity contribution in [1.82, 2.24) is 15.2 Å². The summed E-state index contributed by atoms with van der Waals surface area (Å²) in [5, 5.41) is 5.08. The fourth-order valence-corrected chi connectivity index (χ4v) is 5.72. The zero-order chi connectivity index (χ0) is 25.2. The van der Waals surface area contributed by atoms with Crippen molar-refractivity contribution in [3.63, 3.8) is 0 Å². The molecule has 1 aliphatic heterocycles. The van der Waals surface area contributed by atoms with E-state index in [2.05, 4.69) is 71.0 Å². The largest absolute Gasteiger partial charge is 0.350 e. The second-order valence-corrected chi connectivity index (χ2v) is 9.83. The normalized spacial score (nSPS) is 13.8. The van der Waals surface area contributed by atoms with Crippen molar-refractivity contribution in [2.75, 3.05) is 26.2 Å². The SMILES string of the molecule is O=C(c1[nH]c2cccc(-c3ccccc3Cl)c2c1C(c1ccccc1)c1ccccc1)N1CCNCC1. The summed E-state index contributed by atoms with van der Waals surface area (Å²) >= 11 is 6.72. The Morgan fingerprint density at radius 2 is 1.32 bits per heavy atom. The van der Waals surface area contributed by atoms with Gasteiger partial charge in [-0.15, -0.1) is 0 Å². The van der Waals surface area contributed by atoms with Crippen molar-refractivity contribution in [3.8, 4) is 11.1 Å². The van der Waals surface area contributed by atoms with Crippen LogP contribution in [-0.2, 0) is 0 Å². The third kappa shape index (κ3) is 4.43. The molecule has 184 valence electrons. The summed E-state index contributed by atoms with van der Waals surface area (Å²) in [6, 6.07) is 35.0. The number of piperazine rings is 1. The second kappa shape index (κ2) is 10.3. The quantitative estimate of drug-likeness (QED) is 0.279. The Balaban J connectivity index is 1.68. The first-order valence-electron chi connectivity index (χ1n) is 12.7. The van der Waals surface area contributed by atoms with Gasteiger partial charge < -0.3 is 15.2 Å². The third-order valence-electron chi connectivity index (χ3n) is 7.20. The number of H-pyrrole nitrogens is 1. The molecule has 5 aromatic rings. The number of aromatic nitrogens is 1. The third-order valence-corrected chi connectivity index (χ3v) is 7.53. The lowest BCUT2D eigenvalue weighted by atomic mass is 9.82. The topological polar surface area (TPSA) is 48.1 Å². The molecule has 0 bridgehead atoms. The van der Waals surface area contributed by atoms with Gasteiger partial charge in [0.15, 0.2) is 0 Å². The fourth-order valence-electron chi connectivity index (χ4n) is 5.48. The van der Waals surface area contributed by atoms with Crippen LogP contribution in [0.1, 0.15) is 33.1 Å². The molecule has 2 N–H and O–H groups in total. The summed E-state index contributed by atoms with van der Waals surface area (Å²) in [7, 11) is 0. The lowest BCUT2D eigenvalue weighted by molar-refractivity contribution is 0.0729. The first kappa shape index (κ1) is 23.5. The minimum absolute atomic E-state index is 0.0367. The number of benzene rings is 4. The molecular formula is C32H28ClN3O. The summed E-state index contributed by atoms with van der Waals surface area (Å²) in [5.74, 6) is -0.101. The van der Waals surface area contributed by atoms with Crippen molar-refractivity contribution in [2.45, 2.75) is 5.92 Å². The van der Waals surface area contributed by atoms with Crippen molar-refractivity contribution in [3.05, 3.63) is 131 Å². The van der Waals surface area contributed by atoms with E-state index in [1.807, 2.05) is 47.4 Å². The van der Waals surface area contributed by atoms with Gasteiger partial charge in [-0.05, 0) is 28.8 Å². The molecule has 0 spiro atoms. The molecular weight excluding hydrogens is 478 g/mol. The van der Waals surface area contributed by atoms with Gasteiger partial charge in [0.2, 0.25) is 0 Å². The van der Waals surface area contributed by atoms with Crippen molar-refractivity contribution in [2.24, 2.45) is 0 Å². The summed E-state index contributed by atoms with van der Waals surface area (Å²) in [5.41, 5.74) is 6.82. The lowest BCUT2D eigenvalue weighted by Crippen LogP contribution is -2.46. The molecule has 0 saturated carbocycles. The van der Waals surface area contributed by atoms with Gasteiger partial charge in [-0.2, -0.15) is 0 Å². The Bertz CT molecular complexity index is 1500. The Kier molecular flexibility index (Phi) is 6.52. The number of halogens is 1. The molecule has 0 unspecified atom stereocenters. The molecule has 1 amide bonds. The van der Waals surface area contributed by atoms with Gasteiger partial charge >= 0.3 is 0 Å². The molecule has 2 heterocycles. The molecule has 1 fully saturated rings. The summed E-state index contributed by atoms with van der Waals surface area (Å²) < 4.78 is 0. The summed E-state index contributed by atoms with van der Waals surface area (Å²) in [6.07, 6.45) is 0. The van der Waals surface area contributed by atoms with Gasteiger partial charge in [0, 0.05) is 59.1 Å². The van der Waals surface area contributed by atoms with Gasteiger partial charge in [-0.3, -0.25) is 4.79 Å². The molecule has 37 heavy (non-hydrogen) atoms. The zero-order valence-corrected chi connectivity index (χ0v) is 21.2. The molecule has 1 aromatic heterocycles. The van der Waals surface area contributed by atoms with Crippen LogP contribution >= 0.6 is 11.6 Å². The van der Waals surface area contributed by atoms with Crippen LogP contribution in [0, 0.1) is 0 Å². The van der Waals surface area contributed by atoms with E-state index in [1.165, 1.54) is 0 Å². The monoisotopic (exact) mass is 505 g/mol. The van der Waals surface area contributed by atoms with Crippen LogP contribution in [0.15, 0.2) is 103 Å². The predicted octanol–water partition coefficient (Wildman–Crippen LogP) is 6.71. The van der Waals surface area contributed by atoms with E-state index in [4.69, 9.17) is 11.6 Å². The molecule has 0 atom stereocenters. The molecule has 4 aromatic carbocycles. The van der Waals surface area contributed by atoms with E-state index in [0.717, 1.165) is 51.8 Å². The van der Waals surface area contributed by atoms with Gasteiger partial charge in [0.1, 0.15) is 5.69 Å². The average molecular weight is 506 g/mol. The summed E-state index contributed by atoms with van der Waals surface area (Å²) in [6.45, 7) is 2.97. The minimum Gasteiger partial charge on any atom is -0.350 e. The van der Waals surface area contributed by atoms with Crippen LogP contribution in [-0.4, -0.2) is 42.0 Å². The van der Waals surface area contributed by atoms with Gasteiger partial charge in [0.25, 0.3) is 5.91 Å². The Hall–Kier alpha value is -3.86. The van der Waals surface area contributed by atoms with E-state index in [1.54, 1.807) is 0 Å². The summed E-state index contributed by atoms with van der Waals surface area (Å²) in [4.78, 5) is 19.6. The molecule has 5 heteroatoms. The molecule has 6 rings (SSSR count). The highest BCUT2D eigenvalue weighted by molar-refractivity contribution is 6.33. The number of amides is 1. The van der Waals surface area contributed by atoms with E-state index >= 15 is 0 Å². The number of carbonyl (C=O) groups is 1. The number of nitrogens with zero attached hydrogens (tertiary/aromatic N) is 1. The maximum atomic E-state index is 14.1. The van der Waals surface area contributed by atoms with Crippen LogP contribution in [0.2, 0.25) is 5.02 Å². The van der Waals surface area contributed by atoms with E-state index in [9.17, 15) is 4.79 Å². The standard InChI is InChI=1S/C32H28ClN3O/c33-26-16-8-7-14-24(26)25-15-9-17-27-29(25)30(31(35-27)32(37)36-20-18-34-19-21-36)28(22-10-3-1-4-11-22)23-12-5-2-6-13-23/h1-17,28,34-35H,18-21H2. The number of nitrogens with one attached hydrogen (secondary N) is 2. The highest BCUT2D eigenvalue weighted by Crippen LogP contribution is 2.43. The molecule has 0 aliphatic carbocycles. The number of hydrogen-bond donors (Lipinski definition) is 2. The van der Waals surface area contributed by atoms with Crippen LogP contribution in [0.4, 0.5) is 0 Å². The first-order valence-corrected chi connectivity index (χ1v) is 13.1. The maximum Gasteiger partial charge on any atom is 0.270 e. The van der Waals surface area contributed by atoms with Gasteiger partial charge in [-0.1, -0.05) is 103 Å². The van der Waals surface area contributed by atoms with Crippen LogP contribution in [0.3, 0.4) is 0 Å². The number of rotatable bonds is 5. The minimum atomic E-state index is -0.137. The number of aromatic amines is 1. The Morgan fingerprint density at radius 3 is 1.97 bits per heavy atom. The van der Waals surface area contributed by atoms with Gasteiger partial charge in [-0.25, -0.2) is 0 Å².